The Morgan fingerprint density at radius 3 is 2.48 bits per heavy atom. The van der Waals surface area contributed by atoms with Gasteiger partial charge in [-0.05, 0) is 43.8 Å². The molecule has 2 aromatic carbocycles. The smallest absolute Gasteiger partial charge is 0.257 e. The van der Waals surface area contributed by atoms with E-state index in [9.17, 15) is 14.4 Å². The minimum absolute atomic E-state index is 0.0310. The van der Waals surface area contributed by atoms with Crippen molar-refractivity contribution >= 4 is 29.1 Å². The molecule has 31 heavy (non-hydrogen) atoms. The van der Waals surface area contributed by atoms with Gasteiger partial charge in [0.05, 0.1) is 37.6 Å². The van der Waals surface area contributed by atoms with Crippen LogP contribution in [-0.2, 0) is 14.3 Å². The van der Waals surface area contributed by atoms with Crippen LogP contribution in [0, 0.1) is 6.92 Å². The van der Waals surface area contributed by atoms with E-state index in [-0.39, 0.29) is 30.8 Å². The first-order valence-electron chi connectivity index (χ1n) is 10.2. The lowest BCUT2D eigenvalue weighted by Gasteiger charge is -2.28. The lowest BCUT2D eigenvalue weighted by molar-refractivity contribution is -0.136. The minimum atomic E-state index is -0.308. The van der Waals surface area contributed by atoms with Gasteiger partial charge in [0.1, 0.15) is 0 Å². The number of carbonyl (C=O) groups excluding carboxylic acids is 3. The van der Waals surface area contributed by atoms with Gasteiger partial charge < -0.3 is 20.3 Å². The number of hydrogen-bond acceptors (Lipinski definition) is 5. The number of anilines is 2. The predicted octanol–water partition coefficient (Wildman–Crippen LogP) is 1.98. The highest BCUT2D eigenvalue weighted by atomic mass is 16.5. The number of aryl methyl sites for hydroxylation is 1. The number of nitrogens with one attached hydrogen (secondary N) is 2. The van der Waals surface area contributed by atoms with Crippen molar-refractivity contribution in [2.24, 2.45) is 0 Å². The van der Waals surface area contributed by atoms with Gasteiger partial charge in [-0.1, -0.05) is 24.3 Å². The summed E-state index contributed by atoms with van der Waals surface area (Å²) in [4.78, 5) is 41.0. The van der Waals surface area contributed by atoms with Gasteiger partial charge in [-0.15, -0.1) is 0 Å². The van der Waals surface area contributed by atoms with E-state index in [0.717, 1.165) is 5.56 Å². The van der Waals surface area contributed by atoms with E-state index in [0.29, 0.717) is 43.2 Å². The van der Waals surface area contributed by atoms with Gasteiger partial charge >= 0.3 is 0 Å². The summed E-state index contributed by atoms with van der Waals surface area (Å²) in [6.45, 7) is 4.34. The molecule has 0 saturated carbocycles. The molecule has 3 amide bonds. The Labute approximate surface area is 182 Å². The van der Waals surface area contributed by atoms with Crippen molar-refractivity contribution in [2.75, 3.05) is 57.1 Å². The summed E-state index contributed by atoms with van der Waals surface area (Å²) >= 11 is 0. The molecule has 0 unspecified atom stereocenters. The Morgan fingerprint density at radius 2 is 1.74 bits per heavy atom. The van der Waals surface area contributed by atoms with Crippen molar-refractivity contribution in [1.29, 1.82) is 0 Å². The molecule has 0 aromatic heterocycles. The van der Waals surface area contributed by atoms with E-state index in [4.69, 9.17) is 4.74 Å². The lowest BCUT2D eigenvalue weighted by atomic mass is 10.1. The Hall–Kier alpha value is -3.23. The maximum Gasteiger partial charge on any atom is 0.257 e. The fourth-order valence-electron chi connectivity index (χ4n) is 3.35. The first-order valence-corrected chi connectivity index (χ1v) is 10.2. The van der Waals surface area contributed by atoms with E-state index >= 15 is 0 Å². The molecule has 0 atom stereocenters. The zero-order valence-electron chi connectivity index (χ0n) is 17.9. The first-order chi connectivity index (χ1) is 14.9. The van der Waals surface area contributed by atoms with Crippen LogP contribution in [0.25, 0.3) is 0 Å². The predicted molar refractivity (Wildman–Crippen MR) is 119 cm³/mol. The number of nitrogens with zero attached hydrogens (tertiary/aromatic N) is 2. The van der Waals surface area contributed by atoms with Crippen LogP contribution in [0.15, 0.2) is 48.5 Å². The molecular formula is C23H28N4O4. The average Bonchev–Trinajstić information content (AvgIpc) is 2.74. The van der Waals surface area contributed by atoms with Crippen LogP contribution in [0.4, 0.5) is 11.4 Å². The minimum Gasteiger partial charge on any atom is -0.378 e. The van der Waals surface area contributed by atoms with Gasteiger partial charge in [0.2, 0.25) is 11.8 Å². The second-order valence-electron chi connectivity index (χ2n) is 7.58. The van der Waals surface area contributed by atoms with E-state index in [1.54, 1.807) is 41.1 Å². The summed E-state index contributed by atoms with van der Waals surface area (Å²) in [5.41, 5.74) is 2.51. The molecule has 0 aliphatic carbocycles. The van der Waals surface area contributed by atoms with E-state index in [1.165, 1.54) is 0 Å². The summed E-state index contributed by atoms with van der Waals surface area (Å²) < 4.78 is 5.26. The topological polar surface area (TPSA) is 91.0 Å². The Balaban J connectivity index is 1.57. The Kier molecular flexibility index (Phi) is 7.75. The summed E-state index contributed by atoms with van der Waals surface area (Å²) in [5, 5.41) is 5.64. The molecule has 8 nitrogen and oxygen atoms in total. The summed E-state index contributed by atoms with van der Waals surface area (Å²) in [5.74, 6) is -0.637. The molecule has 1 saturated heterocycles. The maximum atomic E-state index is 12.7. The quantitative estimate of drug-likeness (QED) is 0.709. The number of rotatable bonds is 7. The van der Waals surface area contributed by atoms with Crippen LogP contribution in [0.3, 0.4) is 0 Å². The van der Waals surface area contributed by atoms with Crippen molar-refractivity contribution in [1.82, 2.24) is 9.80 Å². The van der Waals surface area contributed by atoms with Crippen LogP contribution in [0.2, 0.25) is 0 Å². The molecule has 3 rings (SSSR count). The van der Waals surface area contributed by atoms with E-state index in [1.807, 2.05) is 31.2 Å². The molecular weight excluding hydrogens is 396 g/mol. The SMILES string of the molecule is Cc1cccc(NC(=O)c2ccccc2NC(=O)CN(C)CC(=O)N2CCOCC2)c1. The fraction of sp³-hybridized carbons (Fsp3) is 0.348. The van der Waals surface area contributed by atoms with Crippen molar-refractivity contribution in [3.05, 3.63) is 59.7 Å². The molecule has 2 aromatic rings. The van der Waals surface area contributed by atoms with Gasteiger partial charge in [-0.2, -0.15) is 0 Å². The van der Waals surface area contributed by atoms with Crippen molar-refractivity contribution in [3.8, 4) is 0 Å². The van der Waals surface area contributed by atoms with E-state index < -0.39 is 0 Å². The average molecular weight is 425 g/mol. The highest BCUT2D eigenvalue weighted by Gasteiger charge is 2.20. The number of morpholine rings is 1. The number of hydrogen-bond donors (Lipinski definition) is 2. The van der Waals surface area contributed by atoms with Gasteiger partial charge in [-0.3, -0.25) is 19.3 Å². The third-order valence-electron chi connectivity index (χ3n) is 4.90. The summed E-state index contributed by atoms with van der Waals surface area (Å²) in [7, 11) is 1.72. The maximum absolute atomic E-state index is 12.7. The normalized spacial score (nSPS) is 13.7. The molecule has 0 spiro atoms. The molecule has 2 N–H and O–H groups in total. The number of para-hydroxylation sites is 1. The Morgan fingerprint density at radius 1 is 1.00 bits per heavy atom. The van der Waals surface area contributed by atoms with Crippen molar-refractivity contribution in [2.45, 2.75) is 6.92 Å². The van der Waals surface area contributed by atoms with Crippen LogP contribution in [0.1, 0.15) is 15.9 Å². The number of amides is 3. The first kappa shape index (κ1) is 22.5. The van der Waals surface area contributed by atoms with Crippen LogP contribution >= 0.6 is 0 Å². The fourth-order valence-corrected chi connectivity index (χ4v) is 3.35. The molecule has 8 heteroatoms. The second-order valence-corrected chi connectivity index (χ2v) is 7.58. The van der Waals surface area contributed by atoms with Gasteiger partial charge in [0.25, 0.3) is 5.91 Å². The number of likely N-dealkylation sites (N-methyl/N-ethyl adjacent to an activating group) is 1. The van der Waals surface area contributed by atoms with Gasteiger partial charge in [-0.25, -0.2) is 0 Å². The zero-order valence-corrected chi connectivity index (χ0v) is 17.9. The summed E-state index contributed by atoms with van der Waals surface area (Å²) in [6.07, 6.45) is 0. The van der Waals surface area contributed by atoms with Crippen LogP contribution < -0.4 is 10.6 Å². The number of carbonyl (C=O) groups is 3. The molecule has 1 fully saturated rings. The lowest BCUT2D eigenvalue weighted by Crippen LogP contribution is -2.46. The van der Waals surface area contributed by atoms with E-state index in [2.05, 4.69) is 10.6 Å². The standard InChI is InChI=1S/C23H28N4O4/c1-17-6-5-7-18(14-17)24-23(30)19-8-3-4-9-20(19)25-21(28)15-26(2)16-22(29)27-10-12-31-13-11-27/h3-9,14H,10-13,15-16H2,1-2H3,(H,24,30)(H,25,28). The molecule has 1 aliphatic rings. The monoisotopic (exact) mass is 424 g/mol. The number of benzene rings is 2. The molecule has 0 radical (unpaired) electrons. The highest BCUT2D eigenvalue weighted by Crippen LogP contribution is 2.18. The van der Waals surface area contributed by atoms with Crippen LogP contribution in [0.5, 0.6) is 0 Å². The van der Waals surface area contributed by atoms with Gasteiger partial charge in [0.15, 0.2) is 0 Å². The summed E-state index contributed by atoms with van der Waals surface area (Å²) in [6, 6.07) is 14.3. The van der Waals surface area contributed by atoms with Crippen molar-refractivity contribution in [3.63, 3.8) is 0 Å². The highest BCUT2D eigenvalue weighted by molar-refractivity contribution is 6.10. The molecule has 1 aliphatic heterocycles. The van der Waals surface area contributed by atoms with Crippen molar-refractivity contribution < 1.29 is 19.1 Å². The second kappa shape index (κ2) is 10.7. The number of ether oxygens (including phenoxy) is 1. The largest absolute Gasteiger partial charge is 0.378 e. The Bertz CT molecular complexity index is 941. The van der Waals surface area contributed by atoms with Crippen LogP contribution in [-0.4, -0.2) is 74.0 Å². The third kappa shape index (κ3) is 6.63. The zero-order chi connectivity index (χ0) is 22.2. The third-order valence-corrected chi connectivity index (χ3v) is 4.90. The molecule has 0 bridgehead atoms. The molecule has 1 heterocycles. The van der Waals surface area contributed by atoms with Gasteiger partial charge in [0, 0.05) is 18.8 Å². The molecule has 164 valence electrons.